The van der Waals surface area contributed by atoms with E-state index in [4.69, 9.17) is 10.3 Å². The molecule has 2 aromatic heterocycles. The van der Waals surface area contributed by atoms with Crippen molar-refractivity contribution < 1.29 is 4.52 Å². The Morgan fingerprint density at radius 3 is 2.81 bits per heavy atom. The van der Waals surface area contributed by atoms with Crippen LogP contribution < -0.4 is 5.73 Å². The standard InChI is InChI=1S/C10H15N5O/c1-10(2,6-11)9-13-7(14-16-9)8-12-4-5-15(8)3/h4-5H,6,11H2,1-3H3. The molecule has 0 aliphatic heterocycles. The lowest BCUT2D eigenvalue weighted by Gasteiger charge is -2.15. The summed E-state index contributed by atoms with van der Waals surface area (Å²) in [6.07, 6.45) is 3.53. The summed E-state index contributed by atoms with van der Waals surface area (Å²) in [6.45, 7) is 4.38. The smallest absolute Gasteiger partial charge is 0.238 e. The minimum Gasteiger partial charge on any atom is -0.338 e. The number of nitrogens with two attached hydrogens (primary N) is 1. The first-order valence-electron chi connectivity index (χ1n) is 5.06. The van der Waals surface area contributed by atoms with E-state index in [1.54, 1.807) is 6.20 Å². The molecule has 0 aromatic carbocycles. The molecule has 0 radical (unpaired) electrons. The predicted molar refractivity (Wildman–Crippen MR) is 58.6 cm³/mol. The zero-order valence-corrected chi connectivity index (χ0v) is 9.64. The monoisotopic (exact) mass is 221 g/mol. The Morgan fingerprint density at radius 2 is 2.25 bits per heavy atom. The summed E-state index contributed by atoms with van der Waals surface area (Å²) in [5.74, 6) is 1.71. The molecule has 0 saturated carbocycles. The average Bonchev–Trinajstić information content (AvgIpc) is 2.85. The molecule has 2 rings (SSSR count). The van der Waals surface area contributed by atoms with Crippen molar-refractivity contribution in [1.29, 1.82) is 0 Å². The molecule has 6 nitrogen and oxygen atoms in total. The van der Waals surface area contributed by atoms with Gasteiger partial charge in [-0.25, -0.2) is 4.98 Å². The molecule has 0 amide bonds. The third-order valence-corrected chi connectivity index (χ3v) is 2.54. The highest BCUT2D eigenvalue weighted by atomic mass is 16.5. The van der Waals surface area contributed by atoms with Crippen LogP contribution in [0.4, 0.5) is 0 Å². The van der Waals surface area contributed by atoms with Crippen LogP contribution in [0.1, 0.15) is 19.7 Å². The van der Waals surface area contributed by atoms with Gasteiger partial charge >= 0.3 is 0 Å². The maximum Gasteiger partial charge on any atom is 0.238 e. The van der Waals surface area contributed by atoms with Gasteiger partial charge in [-0.3, -0.25) is 0 Å². The summed E-state index contributed by atoms with van der Waals surface area (Å²) in [4.78, 5) is 8.47. The van der Waals surface area contributed by atoms with Crippen LogP contribution in [-0.4, -0.2) is 26.2 Å². The topological polar surface area (TPSA) is 82.8 Å². The second kappa shape index (κ2) is 3.71. The summed E-state index contributed by atoms with van der Waals surface area (Å²) in [5, 5.41) is 3.91. The van der Waals surface area contributed by atoms with Crippen molar-refractivity contribution >= 4 is 0 Å². The minimum atomic E-state index is -0.309. The SMILES string of the molecule is Cn1ccnc1-c1noc(C(C)(C)CN)n1. The molecule has 0 saturated heterocycles. The lowest BCUT2D eigenvalue weighted by molar-refractivity contribution is 0.311. The first-order chi connectivity index (χ1) is 7.54. The third kappa shape index (κ3) is 1.71. The Balaban J connectivity index is 2.37. The van der Waals surface area contributed by atoms with E-state index in [0.717, 1.165) is 0 Å². The van der Waals surface area contributed by atoms with Crippen molar-refractivity contribution in [3.63, 3.8) is 0 Å². The van der Waals surface area contributed by atoms with Crippen molar-refractivity contribution in [2.45, 2.75) is 19.3 Å². The van der Waals surface area contributed by atoms with E-state index >= 15 is 0 Å². The van der Waals surface area contributed by atoms with Crippen LogP contribution in [0.15, 0.2) is 16.9 Å². The zero-order chi connectivity index (χ0) is 11.8. The molecule has 2 aromatic rings. The summed E-state index contributed by atoms with van der Waals surface area (Å²) >= 11 is 0. The Labute approximate surface area is 93.5 Å². The van der Waals surface area contributed by atoms with Crippen molar-refractivity contribution in [3.8, 4) is 11.6 Å². The molecule has 16 heavy (non-hydrogen) atoms. The second-order valence-corrected chi connectivity index (χ2v) is 4.37. The van der Waals surface area contributed by atoms with E-state index in [2.05, 4.69) is 15.1 Å². The van der Waals surface area contributed by atoms with E-state index in [-0.39, 0.29) is 5.41 Å². The molecule has 0 bridgehead atoms. The molecule has 0 spiro atoms. The van der Waals surface area contributed by atoms with Gasteiger partial charge in [0.2, 0.25) is 11.7 Å². The molecular formula is C10H15N5O. The number of aryl methyl sites for hydroxylation is 1. The molecule has 0 fully saturated rings. The van der Waals surface area contributed by atoms with E-state index < -0.39 is 0 Å². The van der Waals surface area contributed by atoms with Crippen LogP contribution >= 0.6 is 0 Å². The van der Waals surface area contributed by atoms with Gasteiger partial charge in [-0.05, 0) is 13.8 Å². The Morgan fingerprint density at radius 1 is 1.50 bits per heavy atom. The average molecular weight is 221 g/mol. The highest BCUT2D eigenvalue weighted by molar-refractivity contribution is 5.42. The molecule has 0 atom stereocenters. The Hall–Kier alpha value is -1.69. The lowest BCUT2D eigenvalue weighted by Crippen LogP contribution is -2.28. The summed E-state index contributed by atoms with van der Waals surface area (Å²) in [7, 11) is 1.88. The van der Waals surface area contributed by atoms with Gasteiger partial charge in [0, 0.05) is 26.0 Å². The molecule has 2 heterocycles. The lowest BCUT2D eigenvalue weighted by atomic mass is 9.94. The second-order valence-electron chi connectivity index (χ2n) is 4.37. The minimum absolute atomic E-state index is 0.309. The van der Waals surface area contributed by atoms with Gasteiger partial charge in [0.15, 0.2) is 5.82 Å². The predicted octanol–water partition coefficient (Wildman–Crippen LogP) is 0.706. The van der Waals surface area contributed by atoms with E-state index in [9.17, 15) is 0 Å². The quantitative estimate of drug-likeness (QED) is 0.825. The molecule has 6 heteroatoms. The van der Waals surface area contributed by atoms with Gasteiger partial charge in [0.05, 0.1) is 5.41 Å². The number of hydrogen-bond donors (Lipinski definition) is 1. The summed E-state index contributed by atoms with van der Waals surface area (Å²) in [5.41, 5.74) is 5.34. The van der Waals surface area contributed by atoms with Crippen molar-refractivity contribution in [2.75, 3.05) is 6.54 Å². The van der Waals surface area contributed by atoms with Crippen LogP contribution in [0.3, 0.4) is 0 Å². The van der Waals surface area contributed by atoms with Gasteiger partial charge in [0.1, 0.15) is 0 Å². The van der Waals surface area contributed by atoms with Crippen LogP contribution in [0.5, 0.6) is 0 Å². The van der Waals surface area contributed by atoms with Gasteiger partial charge in [-0.1, -0.05) is 5.16 Å². The van der Waals surface area contributed by atoms with Crippen LogP contribution in [0.25, 0.3) is 11.6 Å². The molecule has 0 unspecified atom stereocenters. The van der Waals surface area contributed by atoms with Crippen LogP contribution in [-0.2, 0) is 12.5 Å². The fraction of sp³-hybridized carbons (Fsp3) is 0.500. The van der Waals surface area contributed by atoms with E-state index in [1.807, 2.05) is 31.7 Å². The fourth-order valence-electron chi connectivity index (χ4n) is 1.26. The largest absolute Gasteiger partial charge is 0.338 e. The van der Waals surface area contributed by atoms with Crippen molar-refractivity contribution in [1.82, 2.24) is 19.7 Å². The molecule has 86 valence electrons. The highest BCUT2D eigenvalue weighted by Crippen LogP contribution is 2.22. The number of imidazole rings is 1. The van der Waals surface area contributed by atoms with Gasteiger partial charge in [-0.2, -0.15) is 4.98 Å². The Kier molecular flexibility index (Phi) is 2.51. The summed E-state index contributed by atoms with van der Waals surface area (Å²) < 4.78 is 7.04. The normalized spacial score (nSPS) is 12.0. The number of nitrogens with zero attached hydrogens (tertiary/aromatic N) is 4. The zero-order valence-electron chi connectivity index (χ0n) is 9.64. The highest BCUT2D eigenvalue weighted by Gasteiger charge is 2.26. The first kappa shape index (κ1) is 10.8. The first-order valence-corrected chi connectivity index (χ1v) is 5.06. The van der Waals surface area contributed by atoms with Crippen molar-refractivity contribution in [2.24, 2.45) is 12.8 Å². The third-order valence-electron chi connectivity index (χ3n) is 2.54. The van der Waals surface area contributed by atoms with Gasteiger partial charge < -0.3 is 14.8 Å². The Bertz CT molecular complexity index is 485. The molecule has 2 N–H and O–H groups in total. The number of aromatic nitrogens is 4. The van der Waals surface area contributed by atoms with E-state index in [0.29, 0.717) is 24.1 Å². The number of hydrogen-bond acceptors (Lipinski definition) is 5. The maximum atomic E-state index is 5.65. The van der Waals surface area contributed by atoms with E-state index in [1.165, 1.54) is 0 Å². The fourth-order valence-corrected chi connectivity index (χ4v) is 1.26. The maximum absolute atomic E-state index is 5.65. The molecule has 0 aliphatic rings. The van der Waals surface area contributed by atoms with Gasteiger partial charge in [0.25, 0.3) is 0 Å². The molecular weight excluding hydrogens is 206 g/mol. The van der Waals surface area contributed by atoms with Crippen LogP contribution in [0, 0.1) is 0 Å². The summed E-state index contributed by atoms with van der Waals surface area (Å²) in [6, 6.07) is 0. The van der Waals surface area contributed by atoms with Crippen molar-refractivity contribution in [3.05, 3.63) is 18.3 Å². The molecule has 0 aliphatic carbocycles. The van der Waals surface area contributed by atoms with Crippen LogP contribution in [0.2, 0.25) is 0 Å². The van der Waals surface area contributed by atoms with Gasteiger partial charge in [-0.15, -0.1) is 0 Å². The number of rotatable bonds is 3.